The predicted octanol–water partition coefficient (Wildman–Crippen LogP) is 2.93. The number of benzene rings is 1. The zero-order chi connectivity index (χ0) is 17.9. The Morgan fingerprint density at radius 1 is 1.28 bits per heavy atom. The summed E-state index contributed by atoms with van der Waals surface area (Å²) in [6.07, 6.45) is 4.02. The predicted molar refractivity (Wildman–Crippen MR) is 110 cm³/mol. The number of hydrogen-bond acceptors (Lipinski definition) is 4. The van der Waals surface area contributed by atoms with Crippen LogP contribution in [0, 0.1) is 6.92 Å². The monoisotopic (exact) mass is 361 g/mol. The summed E-state index contributed by atoms with van der Waals surface area (Å²) in [5.74, 6) is 1.51. The fraction of sp³-hybridized carbons (Fsp3) is 0.550. The van der Waals surface area contributed by atoms with E-state index in [2.05, 4.69) is 52.9 Å². The largest absolute Gasteiger partial charge is 0.369 e. The molecular weight excluding hydrogens is 330 g/mol. The Bertz CT molecular complexity index is 541. The number of nitrogens with zero attached hydrogens (tertiary/aromatic N) is 2. The van der Waals surface area contributed by atoms with Crippen LogP contribution >= 0.6 is 11.8 Å². The fourth-order valence-electron chi connectivity index (χ4n) is 3.03. The molecule has 138 valence electrons. The van der Waals surface area contributed by atoms with Gasteiger partial charge in [-0.3, -0.25) is 9.69 Å². The molecule has 1 aromatic carbocycles. The van der Waals surface area contributed by atoms with Crippen molar-refractivity contribution in [1.29, 1.82) is 0 Å². The molecule has 1 aromatic rings. The summed E-state index contributed by atoms with van der Waals surface area (Å²) < 4.78 is 0. The minimum Gasteiger partial charge on any atom is -0.369 e. The van der Waals surface area contributed by atoms with Crippen molar-refractivity contribution in [2.45, 2.75) is 19.8 Å². The van der Waals surface area contributed by atoms with E-state index >= 15 is 0 Å². The molecule has 5 heteroatoms. The highest BCUT2D eigenvalue weighted by Crippen LogP contribution is 2.17. The van der Waals surface area contributed by atoms with Crippen LogP contribution < -0.4 is 10.2 Å². The van der Waals surface area contributed by atoms with Gasteiger partial charge in [0.05, 0.1) is 5.75 Å². The van der Waals surface area contributed by atoms with E-state index in [0.717, 1.165) is 57.9 Å². The van der Waals surface area contributed by atoms with Crippen LogP contribution in [-0.2, 0) is 4.79 Å². The van der Waals surface area contributed by atoms with Gasteiger partial charge in [0, 0.05) is 44.2 Å². The number of nitrogens with one attached hydrogen (secondary N) is 1. The van der Waals surface area contributed by atoms with Crippen LogP contribution in [0.25, 0.3) is 0 Å². The minimum atomic E-state index is 0.138. The minimum absolute atomic E-state index is 0.138. The van der Waals surface area contributed by atoms with E-state index in [1.54, 1.807) is 11.8 Å². The Balaban J connectivity index is 1.54. The third-order valence-corrected chi connectivity index (χ3v) is 5.37. The Morgan fingerprint density at radius 3 is 2.80 bits per heavy atom. The van der Waals surface area contributed by atoms with E-state index in [1.807, 2.05) is 6.08 Å². The van der Waals surface area contributed by atoms with Crippen LogP contribution in [0.15, 0.2) is 36.9 Å². The molecule has 1 saturated heterocycles. The maximum absolute atomic E-state index is 11.6. The average molecular weight is 362 g/mol. The first-order valence-corrected chi connectivity index (χ1v) is 10.3. The second-order valence-corrected chi connectivity index (χ2v) is 7.56. The number of hydrogen-bond donors (Lipinski definition) is 1. The molecule has 1 heterocycles. The third kappa shape index (κ3) is 7.53. The first kappa shape index (κ1) is 19.9. The van der Waals surface area contributed by atoms with Gasteiger partial charge in [0.2, 0.25) is 5.91 Å². The number of piperazine rings is 1. The Morgan fingerprint density at radius 2 is 2.08 bits per heavy atom. The van der Waals surface area contributed by atoms with Gasteiger partial charge in [-0.25, -0.2) is 0 Å². The number of anilines is 1. The SMILES string of the molecule is C=CCSCC(=O)NCCCCN1CCN(c2cccc(C)c2)CC1. The van der Waals surface area contributed by atoms with Crippen LogP contribution in [0.4, 0.5) is 5.69 Å². The van der Waals surface area contributed by atoms with Gasteiger partial charge in [-0.1, -0.05) is 18.2 Å². The lowest BCUT2D eigenvalue weighted by atomic mass is 10.2. The molecule has 0 bridgehead atoms. The number of rotatable bonds is 10. The topological polar surface area (TPSA) is 35.6 Å². The molecule has 25 heavy (non-hydrogen) atoms. The lowest BCUT2D eigenvalue weighted by Gasteiger charge is -2.36. The van der Waals surface area contributed by atoms with E-state index in [-0.39, 0.29) is 5.91 Å². The average Bonchev–Trinajstić information content (AvgIpc) is 2.62. The standard InChI is InChI=1S/C20H31N3OS/c1-3-15-25-17-20(24)21-9-4-5-10-22-11-13-23(14-12-22)19-8-6-7-18(2)16-19/h3,6-8,16H,1,4-5,9-15,17H2,2H3,(H,21,24). The molecule has 4 nitrogen and oxygen atoms in total. The summed E-state index contributed by atoms with van der Waals surface area (Å²) >= 11 is 1.60. The van der Waals surface area contributed by atoms with Crippen molar-refractivity contribution in [3.8, 4) is 0 Å². The summed E-state index contributed by atoms with van der Waals surface area (Å²) in [4.78, 5) is 16.6. The van der Waals surface area contributed by atoms with Gasteiger partial charge in [-0.05, 0) is 44.0 Å². The van der Waals surface area contributed by atoms with Crippen LogP contribution in [-0.4, -0.2) is 61.6 Å². The van der Waals surface area contributed by atoms with Gasteiger partial charge in [0.25, 0.3) is 0 Å². The third-order valence-electron chi connectivity index (χ3n) is 4.43. The molecule has 1 aliphatic rings. The van der Waals surface area contributed by atoms with E-state index in [0.29, 0.717) is 5.75 Å². The highest BCUT2D eigenvalue weighted by Gasteiger charge is 2.16. The van der Waals surface area contributed by atoms with Crippen molar-refractivity contribution >= 4 is 23.4 Å². The number of amides is 1. The van der Waals surface area contributed by atoms with Gasteiger partial charge >= 0.3 is 0 Å². The first-order chi connectivity index (χ1) is 12.2. The lowest BCUT2D eigenvalue weighted by molar-refractivity contribution is -0.118. The normalized spacial score (nSPS) is 15.2. The zero-order valence-electron chi connectivity index (χ0n) is 15.4. The molecule has 0 aromatic heterocycles. The van der Waals surface area contributed by atoms with Crippen molar-refractivity contribution < 1.29 is 4.79 Å². The first-order valence-electron chi connectivity index (χ1n) is 9.18. The molecule has 0 radical (unpaired) electrons. The van der Waals surface area contributed by atoms with Crippen molar-refractivity contribution in [3.05, 3.63) is 42.5 Å². The second-order valence-electron chi connectivity index (χ2n) is 6.53. The van der Waals surface area contributed by atoms with E-state index in [9.17, 15) is 4.79 Å². The molecule has 1 aliphatic heterocycles. The quantitative estimate of drug-likeness (QED) is 0.513. The molecule has 1 N–H and O–H groups in total. The number of thioether (sulfide) groups is 1. The maximum Gasteiger partial charge on any atom is 0.230 e. The smallest absolute Gasteiger partial charge is 0.230 e. The number of aryl methyl sites for hydroxylation is 1. The molecular formula is C20H31N3OS. The summed E-state index contributed by atoms with van der Waals surface area (Å²) in [5.41, 5.74) is 2.67. The van der Waals surface area contributed by atoms with Crippen molar-refractivity contribution in [2.24, 2.45) is 0 Å². The molecule has 1 amide bonds. The number of carbonyl (C=O) groups excluding carboxylic acids is 1. The van der Waals surface area contributed by atoms with E-state index in [1.165, 1.54) is 11.3 Å². The molecule has 0 unspecified atom stereocenters. The van der Waals surface area contributed by atoms with Crippen LogP contribution in [0.1, 0.15) is 18.4 Å². The summed E-state index contributed by atoms with van der Waals surface area (Å²) in [6.45, 7) is 12.2. The highest BCUT2D eigenvalue weighted by atomic mass is 32.2. The van der Waals surface area contributed by atoms with Gasteiger partial charge in [-0.15, -0.1) is 18.3 Å². The lowest BCUT2D eigenvalue weighted by Crippen LogP contribution is -2.46. The molecule has 1 fully saturated rings. The van der Waals surface area contributed by atoms with Gasteiger partial charge in [-0.2, -0.15) is 0 Å². The van der Waals surface area contributed by atoms with Crippen molar-refractivity contribution in [3.63, 3.8) is 0 Å². The molecule has 0 spiro atoms. The van der Waals surface area contributed by atoms with Crippen molar-refractivity contribution in [2.75, 3.05) is 55.7 Å². The molecule has 0 saturated carbocycles. The Labute approximate surface area is 156 Å². The van der Waals surface area contributed by atoms with E-state index < -0.39 is 0 Å². The van der Waals surface area contributed by atoms with Crippen molar-refractivity contribution in [1.82, 2.24) is 10.2 Å². The maximum atomic E-state index is 11.6. The van der Waals surface area contributed by atoms with Gasteiger partial charge in [0.1, 0.15) is 0 Å². The van der Waals surface area contributed by atoms with Crippen LogP contribution in [0.3, 0.4) is 0 Å². The van der Waals surface area contributed by atoms with Crippen LogP contribution in [0.5, 0.6) is 0 Å². The Kier molecular flexibility index (Phi) is 8.91. The van der Waals surface area contributed by atoms with E-state index in [4.69, 9.17) is 0 Å². The molecule has 0 atom stereocenters. The fourth-order valence-corrected chi connectivity index (χ4v) is 3.60. The van der Waals surface area contributed by atoms with Gasteiger partial charge < -0.3 is 10.2 Å². The van der Waals surface area contributed by atoms with Crippen LogP contribution in [0.2, 0.25) is 0 Å². The summed E-state index contributed by atoms with van der Waals surface area (Å²) in [6, 6.07) is 8.77. The molecule has 0 aliphatic carbocycles. The highest BCUT2D eigenvalue weighted by molar-refractivity contribution is 8.00. The molecule has 2 rings (SSSR count). The number of carbonyl (C=O) groups is 1. The Hall–Kier alpha value is -1.46. The van der Waals surface area contributed by atoms with Gasteiger partial charge in [0.15, 0.2) is 0 Å². The summed E-state index contributed by atoms with van der Waals surface area (Å²) in [7, 11) is 0. The zero-order valence-corrected chi connectivity index (χ0v) is 16.2. The number of unbranched alkanes of at least 4 members (excludes halogenated alkanes) is 1. The second kappa shape index (κ2) is 11.2. The summed E-state index contributed by atoms with van der Waals surface area (Å²) in [5, 5.41) is 2.99.